The molecule has 12 nitrogen and oxygen atoms in total. The Bertz CT molecular complexity index is 1650. The van der Waals surface area contributed by atoms with Gasteiger partial charge in [0.1, 0.15) is 6.04 Å². The molecule has 3 aliphatic heterocycles. The van der Waals surface area contributed by atoms with Gasteiger partial charge in [0.2, 0.25) is 17.7 Å². The van der Waals surface area contributed by atoms with Crippen molar-refractivity contribution < 1.29 is 24.2 Å². The number of amides is 3. The molecule has 3 aliphatic rings. The molecule has 3 amide bonds. The minimum Gasteiger partial charge on any atom is -0.351 e. The number of hydrogen-bond acceptors (Lipinski definition) is 8. The van der Waals surface area contributed by atoms with Gasteiger partial charge in [-0.1, -0.05) is 30.4 Å². The lowest BCUT2D eigenvalue weighted by atomic mass is 9.88. The average molecular weight is 540 g/mol. The fourth-order valence-corrected chi connectivity index (χ4v) is 5.94. The number of anilines is 3. The quantitative estimate of drug-likeness (QED) is 0.291. The molecule has 2 fully saturated rings. The van der Waals surface area contributed by atoms with Crippen LogP contribution in [0.1, 0.15) is 11.1 Å². The van der Waals surface area contributed by atoms with Gasteiger partial charge in [0.15, 0.2) is 0 Å². The third-order valence-corrected chi connectivity index (χ3v) is 7.66. The summed E-state index contributed by atoms with van der Waals surface area (Å²) < 4.78 is 0. The number of imide groups is 1. The van der Waals surface area contributed by atoms with Crippen molar-refractivity contribution in [1.82, 2.24) is 0 Å². The Hall–Kier alpha value is -5.39. The van der Waals surface area contributed by atoms with E-state index in [0.29, 0.717) is 16.9 Å². The highest BCUT2D eigenvalue weighted by Gasteiger charge is 2.64. The van der Waals surface area contributed by atoms with Gasteiger partial charge in [0.25, 0.3) is 11.4 Å². The van der Waals surface area contributed by atoms with E-state index in [1.54, 1.807) is 11.8 Å². The molecule has 12 heteroatoms. The van der Waals surface area contributed by atoms with E-state index in [9.17, 15) is 34.6 Å². The van der Waals surface area contributed by atoms with Crippen molar-refractivity contribution in [3.05, 3.63) is 104 Å². The molecule has 0 unspecified atom stereocenters. The number of carbonyl (C=O) groups is 3. The highest BCUT2D eigenvalue weighted by atomic mass is 16.6. The average Bonchev–Trinajstić information content (AvgIpc) is 3.41. The van der Waals surface area contributed by atoms with E-state index in [4.69, 9.17) is 0 Å². The summed E-state index contributed by atoms with van der Waals surface area (Å²) in [4.78, 5) is 65.7. The highest BCUT2D eigenvalue weighted by molar-refractivity contribution is 6.25. The van der Waals surface area contributed by atoms with Crippen molar-refractivity contribution in [3.63, 3.8) is 0 Å². The Kier molecular flexibility index (Phi) is 5.68. The summed E-state index contributed by atoms with van der Waals surface area (Å²) in [5, 5.41) is 25.0. The Balaban J connectivity index is 1.41. The van der Waals surface area contributed by atoms with Crippen molar-refractivity contribution in [3.8, 4) is 0 Å². The number of fused-ring (bicyclic) bond motifs is 5. The molecule has 3 heterocycles. The van der Waals surface area contributed by atoms with Crippen LogP contribution in [0.15, 0.2) is 72.8 Å². The first-order valence-corrected chi connectivity index (χ1v) is 12.4. The minimum atomic E-state index is -1.07. The fourth-order valence-electron chi connectivity index (χ4n) is 5.94. The van der Waals surface area contributed by atoms with Gasteiger partial charge >= 0.3 is 0 Å². The normalized spacial score (nSPS) is 22.5. The van der Waals surface area contributed by atoms with Gasteiger partial charge in [-0.05, 0) is 42.3 Å². The first-order valence-electron chi connectivity index (χ1n) is 12.4. The first-order chi connectivity index (χ1) is 19.2. The lowest BCUT2D eigenvalue weighted by Crippen LogP contribution is -2.50. The summed E-state index contributed by atoms with van der Waals surface area (Å²) in [5.41, 5.74) is 2.14. The third kappa shape index (κ3) is 3.72. The standard InChI is InChI=1S/C28H21N5O7/c1-15-14-19(33(39)40)11-13-20(15)31-27(35)23-22-12-6-16-4-2-3-5-21(16)30(22)25(24(23)28(31)36)26(34)29-17-7-9-18(10-8-17)32(37)38/h2-14,22-25H,1H3,(H,29,34)/t22-,23+,24+,25-/m0/s1. The molecule has 40 heavy (non-hydrogen) atoms. The Labute approximate surface area is 226 Å². The fraction of sp³-hybridized carbons (Fsp3) is 0.179. The predicted octanol–water partition coefficient (Wildman–Crippen LogP) is 3.84. The van der Waals surface area contributed by atoms with Gasteiger partial charge in [-0.15, -0.1) is 0 Å². The maximum absolute atomic E-state index is 14.0. The highest BCUT2D eigenvalue weighted by Crippen LogP contribution is 2.49. The summed E-state index contributed by atoms with van der Waals surface area (Å²) in [6, 6.07) is 14.9. The second-order valence-corrected chi connectivity index (χ2v) is 9.85. The monoisotopic (exact) mass is 539 g/mol. The van der Waals surface area contributed by atoms with Gasteiger partial charge in [-0.3, -0.25) is 34.6 Å². The zero-order valence-electron chi connectivity index (χ0n) is 21.0. The van der Waals surface area contributed by atoms with Crippen LogP contribution in [0.5, 0.6) is 0 Å². The van der Waals surface area contributed by atoms with Crippen LogP contribution in [0.25, 0.3) is 6.08 Å². The number of aryl methyl sites for hydroxylation is 1. The maximum Gasteiger partial charge on any atom is 0.269 e. The zero-order valence-corrected chi connectivity index (χ0v) is 21.0. The predicted molar refractivity (Wildman–Crippen MR) is 145 cm³/mol. The molecule has 1 N–H and O–H groups in total. The molecule has 0 bridgehead atoms. The van der Waals surface area contributed by atoms with Crippen LogP contribution in [0.3, 0.4) is 0 Å². The molecule has 2 saturated heterocycles. The SMILES string of the molecule is Cc1cc([N+](=O)[O-])ccc1N1C(=O)[C@@H]2[C@H](C1=O)[C@@H]1C=Cc3ccccc3N1[C@@H]2C(=O)Nc1ccc([N+](=O)[O-])cc1. The number of carbonyl (C=O) groups excluding carboxylic acids is 3. The number of nitrogens with zero attached hydrogens (tertiary/aromatic N) is 4. The molecular weight excluding hydrogens is 518 g/mol. The van der Waals surface area contributed by atoms with Crippen molar-refractivity contribution in [2.45, 2.75) is 19.0 Å². The largest absolute Gasteiger partial charge is 0.351 e. The molecule has 0 radical (unpaired) electrons. The van der Waals surface area contributed by atoms with E-state index in [2.05, 4.69) is 5.32 Å². The third-order valence-electron chi connectivity index (χ3n) is 7.66. The molecule has 3 aromatic rings. The molecule has 200 valence electrons. The molecular formula is C28H21N5O7. The molecule has 6 rings (SSSR count). The summed E-state index contributed by atoms with van der Waals surface area (Å²) >= 11 is 0. The van der Waals surface area contributed by atoms with Crippen molar-refractivity contribution in [2.75, 3.05) is 15.1 Å². The summed E-state index contributed by atoms with van der Waals surface area (Å²) in [5.74, 6) is -3.52. The lowest BCUT2D eigenvalue weighted by Gasteiger charge is -2.36. The van der Waals surface area contributed by atoms with Crippen LogP contribution in [-0.4, -0.2) is 39.7 Å². The number of nitrogens with one attached hydrogen (secondary N) is 1. The molecule has 0 aliphatic carbocycles. The van der Waals surface area contributed by atoms with E-state index < -0.39 is 51.5 Å². The van der Waals surface area contributed by atoms with Crippen LogP contribution in [-0.2, 0) is 14.4 Å². The second kappa shape index (κ2) is 9.12. The number of hydrogen-bond donors (Lipinski definition) is 1. The maximum atomic E-state index is 14.0. The van der Waals surface area contributed by atoms with E-state index >= 15 is 0 Å². The topological polar surface area (TPSA) is 156 Å². The van der Waals surface area contributed by atoms with Crippen LogP contribution >= 0.6 is 0 Å². The number of nitro benzene ring substituents is 2. The van der Waals surface area contributed by atoms with E-state index in [1.165, 1.54) is 42.5 Å². The van der Waals surface area contributed by atoms with Gasteiger partial charge in [0.05, 0.1) is 33.4 Å². The van der Waals surface area contributed by atoms with Gasteiger partial charge in [-0.2, -0.15) is 0 Å². The summed E-state index contributed by atoms with van der Waals surface area (Å²) in [6.07, 6.45) is 3.68. The number of nitro groups is 2. The summed E-state index contributed by atoms with van der Waals surface area (Å²) in [7, 11) is 0. The van der Waals surface area contributed by atoms with Crippen molar-refractivity contribution >= 4 is 52.2 Å². The number of benzene rings is 3. The second-order valence-electron chi connectivity index (χ2n) is 9.85. The van der Waals surface area contributed by atoms with E-state index in [-0.39, 0.29) is 17.1 Å². The van der Waals surface area contributed by atoms with Crippen molar-refractivity contribution in [1.29, 1.82) is 0 Å². The Morgan fingerprint density at radius 2 is 1.50 bits per heavy atom. The lowest BCUT2D eigenvalue weighted by molar-refractivity contribution is -0.385. The van der Waals surface area contributed by atoms with E-state index in [0.717, 1.165) is 10.5 Å². The molecule has 3 aromatic carbocycles. The minimum absolute atomic E-state index is 0.139. The number of rotatable bonds is 5. The Morgan fingerprint density at radius 1 is 0.850 bits per heavy atom. The van der Waals surface area contributed by atoms with Crippen LogP contribution in [0.2, 0.25) is 0 Å². The molecule has 0 aromatic heterocycles. The van der Waals surface area contributed by atoms with Crippen LogP contribution in [0.4, 0.5) is 28.4 Å². The van der Waals surface area contributed by atoms with Gasteiger partial charge < -0.3 is 10.2 Å². The smallest absolute Gasteiger partial charge is 0.269 e. The van der Waals surface area contributed by atoms with Crippen LogP contribution < -0.4 is 15.1 Å². The van der Waals surface area contributed by atoms with Gasteiger partial charge in [-0.25, -0.2) is 4.90 Å². The molecule has 0 spiro atoms. The molecule has 0 saturated carbocycles. The van der Waals surface area contributed by atoms with E-state index in [1.807, 2.05) is 36.4 Å². The zero-order chi connectivity index (χ0) is 28.3. The summed E-state index contributed by atoms with van der Waals surface area (Å²) in [6.45, 7) is 1.58. The van der Waals surface area contributed by atoms with Gasteiger partial charge in [0, 0.05) is 35.6 Å². The number of non-ortho nitro benzene ring substituents is 2. The van der Waals surface area contributed by atoms with Crippen molar-refractivity contribution in [2.24, 2.45) is 11.8 Å². The first kappa shape index (κ1) is 24.9. The Morgan fingerprint density at radius 3 is 2.17 bits per heavy atom. The number of para-hydroxylation sites is 1. The van der Waals surface area contributed by atoms with Crippen LogP contribution in [0, 0.1) is 39.0 Å². The molecule has 4 atom stereocenters.